The number of hydrogen-bond donors (Lipinski definition) is 0. The van der Waals surface area contributed by atoms with Crippen molar-refractivity contribution in [3.05, 3.63) is 59.2 Å². The SMILES string of the molecule is COc1cc2c(cc1OC)[C@H]1N(CC2)C(=O)S[C@]1(C)Cc1ccccc1. The van der Waals surface area contributed by atoms with Crippen LogP contribution in [-0.2, 0) is 12.8 Å². The summed E-state index contributed by atoms with van der Waals surface area (Å²) in [5, 5.41) is 0.175. The van der Waals surface area contributed by atoms with Crippen LogP contribution in [0.1, 0.15) is 29.7 Å². The average Bonchev–Trinajstić information content (AvgIpc) is 2.91. The molecule has 2 aromatic rings. The normalized spacial score (nSPS) is 24.2. The van der Waals surface area contributed by atoms with E-state index in [1.54, 1.807) is 14.2 Å². The van der Waals surface area contributed by atoms with Gasteiger partial charge in [-0.2, -0.15) is 0 Å². The number of amides is 1. The summed E-state index contributed by atoms with van der Waals surface area (Å²) < 4.78 is 10.8. The molecular formula is C21H23NO3S. The molecule has 0 bridgehead atoms. The molecule has 0 saturated carbocycles. The van der Waals surface area contributed by atoms with Crippen LogP contribution in [-0.4, -0.2) is 35.7 Å². The van der Waals surface area contributed by atoms with Gasteiger partial charge in [0.1, 0.15) is 0 Å². The first-order chi connectivity index (χ1) is 12.6. The topological polar surface area (TPSA) is 38.8 Å². The Morgan fingerprint density at radius 2 is 1.85 bits per heavy atom. The summed E-state index contributed by atoms with van der Waals surface area (Å²) in [6.07, 6.45) is 1.69. The van der Waals surface area contributed by atoms with Crippen molar-refractivity contribution in [2.24, 2.45) is 0 Å². The van der Waals surface area contributed by atoms with Crippen LogP contribution in [0.2, 0.25) is 0 Å². The number of nitrogens with zero attached hydrogens (tertiary/aromatic N) is 1. The number of benzene rings is 2. The number of hydrogen-bond acceptors (Lipinski definition) is 4. The Labute approximate surface area is 158 Å². The molecule has 5 heteroatoms. The van der Waals surface area contributed by atoms with Crippen molar-refractivity contribution in [2.75, 3.05) is 20.8 Å². The van der Waals surface area contributed by atoms with Crippen molar-refractivity contribution in [2.45, 2.75) is 30.6 Å². The molecule has 1 amide bonds. The van der Waals surface area contributed by atoms with Crippen molar-refractivity contribution >= 4 is 17.0 Å². The third kappa shape index (κ3) is 2.75. The molecule has 0 radical (unpaired) electrons. The molecule has 4 rings (SSSR count). The van der Waals surface area contributed by atoms with Crippen LogP contribution < -0.4 is 9.47 Å². The molecule has 1 saturated heterocycles. The van der Waals surface area contributed by atoms with Gasteiger partial charge in [0.25, 0.3) is 5.24 Å². The molecule has 0 aromatic heterocycles. The fraction of sp³-hybridized carbons (Fsp3) is 0.381. The predicted molar refractivity (Wildman–Crippen MR) is 104 cm³/mol. The van der Waals surface area contributed by atoms with Gasteiger partial charge in [0.2, 0.25) is 0 Å². The zero-order valence-corrected chi connectivity index (χ0v) is 16.1. The maximum atomic E-state index is 12.7. The highest BCUT2D eigenvalue weighted by molar-refractivity contribution is 8.15. The van der Waals surface area contributed by atoms with Gasteiger partial charge >= 0.3 is 0 Å². The van der Waals surface area contributed by atoms with E-state index in [9.17, 15) is 4.79 Å². The molecular weight excluding hydrogens is 346 g/mol. The Balaban J connectivity index is 1.79. The average molecular weight is 369 g/mol. The van der Waals surface area contributed by atoms with E-state index in [0.29, 0.717) is 0 Å². The minimum Gasteiger partial charge on any atom is -0.493 e. The molecule has 2 aliphatic heterocycles. The molecule has 136 valence electrons. The van der Waals surface area contributed by atoms with E-state index < -0.39 is 0 Å². The van der Waals surface area contributed by atoms with Gasteiger partial charge in [0.05, 0.1) is 25.0 Å². The number of carbonyl (C=O) groups is 1. The molecule has 26 heavy (non-hydrogen) atoms. The monoisotopic (exact) mass is 369 g/mol. The second-order valence-corrected chi connectivity index (χ2v) is 8.58. The van der Waals surface area contributed by atoms with Crippen molar-refractivity contribution in [1.82, 2.24) is 4.90 Å². The van der Waals surface area contributed by atoms with E-state index in [-0.39, 0.29) is 16.0 Å². The zero-order chi connectivity index (χ0) is 18.3. The van der Waals surface area contributed by atoms with Crippen LogP contribution in [0.5, 0.6) is 11.5 Å². The van der Waals surface area contributed by atoms with Gasteiger partial charge in [-0.3, -0.25) is 4.79 Å². The van der Waals surface area contributed by atoms with Gasteiger partial charge in [0, 0.05) is 6.54 Å². The molecule has 2 aromatic carbocycles. The fourth-order valence-electron chi connectivity index (χ4n) is 4.25. The van der Waals surface area contributed by atoms with Crippen molar-refractivity contribution in [1.29, 1.82) is 0 Å². The fourth-order valence-corrected chi connectivity index (χ4v) is 5.57. The predicted octanol–water partition coefficient (Wildman–Crippen LogP) is 4.47. The maximum Gasteiger partial charge on any atom is 0.282 e. The highest BCUT2D eigenvalue weighted by atomic mass is 32.2. The summed E-state index contributed by atoms with van der Waals surface area (Å²) in [6.45, 7) is 2.96. The second-order valence-electron chi connectivity index (χ2n) is 7.09. The zero-order valence-electron chi connectivity index (χ0n) is 15.3. The highest BCUT2D eigenvalue weighted by Gasteiger charge is 2.52. The molecule has 4 nitrogen and oxygen atoms in total. The summed E-state index contributed by atoms with van der Waals surface area (Å²) in [5.74, 6) is 1.47. The lowest BCUT2D eigenvalue weighted by molar-refractivity contribution is 0.187. The Morgan fingerprint density at radius 3 is 2.54 bits per heavy atom. The minimum atomic E-state index is -0.215. The van der Waals surface area contributed by atoms with Crippen LogP contribution in [0.4, 0.5) is 4.79 Å². The molecule has 0 aliphatic carbocycles. The maximum absolute atomic E-state index is 12.7. The smallest absolute Gasteiger partial charge is 0.282 e. The molecule has 0 unspecified atom stereocenters. The van der Waals surface area contributed by atoms with Gasteiger partial charge in [0.15, 0.2) is 11.5 Å². The summed E-state index contributed by atoms with van der Waals surface area (Å²) in [7, 11) is 3.32. The lowest BCUT2D eigenvalue weighted by atomic mass is 9.82. The van der Waals surface area contributed by atoms with E-state index in [4.69, 9.17) is 9.47 Å². The molecule has 2 atom stereocenters. The number of methoxy groups -OCH3 is 2. The highest BCUT2D eigenvalue weighted by Crippen LogP contribution is 2.55. The van der Waals surface area contributed by atoms with Crippen molar-refractivity contribution < 1.29 is 14.3 Å². The lowest BCUT2D eigenvalue weighted by Crippen LogP contribution is -2.41. The quantitative estimate of drug-likeness (QED) is 0.797. The van der Waals surface area contributed by atoms with Gasteiger partial charge < -0.3 is 14.4 Å². The van der Waals surface area contributed by atoms with E-state index in [2.05, 4.69) is 43.3 Å². The lowest BCUT2D eigenvalue weighted by Gasteiger charge is -2.39. The number of fused-ring (bicyclic) bond motifs is 3. The van der Waals surface area contributed by atoms with Crippen LogP contribution in [0.25, 0.3) is 0 Å². The minimum absolute atomic E-state index is 0.0452. The van der Waals surface area contributed by atoms with Crippen LogP contribution in [0.15, 0.2) is 42.5 Å². The third-order valence-electron chi connectivity index (χ3n) is 5.41. The van der Waals surface area contributed by atoms with Crippen LogP contribution in [0, 0.1) is 0 Å². The molecule has 2 heterocycles. The number of carbonyl (C=O) groups excluding carboxylic acids is 1. The third-order valence-corrected chi connectivity index (χ3v) is 6.65. The summed E-state index contributed by atoms with van der Waals surface area (Å²) in [5.41, 5.74) is 3.69. The Morgan fingerprint density at radius 1 is 1.15 bits per heavy atom. The largest absolute Gasteiger partial charge is 0.493 e. The van der Waals surface area contributed by atoms with Gasteiger partial charge in [-0.25, -0.2) is 0 Å². The number of rotatable bonds is 4. The Hall–Kier alpha value is -2.14. The molecule has 1 fully saturated rings. The molecule has 0 spiro atoms. The first-order valence-corrected chi connectivity index (χ1v) is 9.66. The molecule has 2 aliphatic rings. The number of ether oxygens (including phenoxy) is 2. The van der Waals surface area contributed by atoms with Crippen LogP contribution >= 0.6 is 11.8 Å². The van der Waals surface area contributed by atoms with Gasteiger partial charge in [-0.1, -0.05) is 42.1 Å². The molecule has 0 N–H and O–H groups in total. The number of thioether (sulfide) groups is 1. The summed E-state index contributed by atoms with van der Waals surface area (Å²) >= 11 is 1.47. The second kappa shape index (κ2) is 6.54. The first-order valence-electron chi connectivity index (χ1n) is 8.84. The Kier molecular flexibility index (Phi) is 4.35. The summed E-state index contributed by atoms with van der Waals surface area (Å²) in [4.78, 5) is 14.8. The van der Waals surface area contributed by atoms with E-state index in [1.807, 2.05) is 11.0 Å². The van der Waals surface area contributed by atoms with Gasteiger partial charge in [-0.15, -0.1) is 0 Å². The Bertz CT molecular complexity index is 839. The standard InChI is InChI=1S/C21H23NO3S/c1-21(13-14-7-5-4-6-8-14)19-16-12-18(25-3)17(24-2)11-15(16)9-10-22(19)20(23)26-21/h4-8,11-12,19H,9-10,13H2,1-3H3/t19-,21-/m1/s1. The first kappa shape index (κ1) is 17.3. The van der Waals surface area contributed by atoms with E-state index in [1.165, 1.54) is 28.5 Å². The van der Waals surface area contributed by atoms with Crippen molar-refractivity contribution in [3.8, 4) is 11.5 Å². The van der Waals surface area contributed by atoms with Gasteiger partial charge in [-0.05, 0) is 48.6 Å². The summed E-state index contributed by atoms with van der Waals surface area (Å²) in [6, 6.07) is 14.6. The van der Waals surface area contributed by atoms with Crippen LogP contribution in [0.3, 0.4) is 0 Å². The van der Waals surface area contributed by atoms with E-state index >= 15 is 0 Å². The van der Waals surface area contributed by atoms with E-state index in [0.717, 1.165) is 30.9 Å². The van der Waals surface area contributed by atoms with Crippen molar-refractivity contribution in [3.63, 3.8) is 0 Å².